The van der Waals surface area contributed by atoms with E-state index in [4.69, 9.17) is 0 Å². The van der Waals surface area contributed by atoms with Crippen molar-refractivity contribution in [3.05, 3.63) is 66.2 Å². The molecule has 2 aromatic carbocycles. The van der Waals surface area contributed by atoms with Gasteiger partial charge in [-0.1, -0.05) is 61.5 Å². The summed E-state index contributed by atoms with van der Waals surface area (Å²) in [5, 5.41) is 0. The van der Waals surface area contributed by atoms with Crippen LogP contribution in [-0.2, 0) is 6.42 Å². The molecule has 0 aliphatic rings. The predicted molar refractivity (Wildman–Crippen MR) is 82.4 cm³/mol. The molecule has 0 saturated heterocycles. The maximum absolute atomic E-state index is 4.56. The maximum Gasteiger partial charge on any atom is 0.0847 e. The minimum Gasteiger partial charge on any atom is -0.192 e. The van der Waals surface area contributed by atoms with Crippen molar-refractivity contribution in [1.82, 2.24) is 4.37 Å². The van der Waals surface area contributed by atoms with Gasteiger partial charge < -0.3 is 0 Å². The SMILES string of the molecule is CCc1ccc(-c2cc(-c3ccccc3)sn2)cc1. The summed E-state index contributed by atoms with van der Waals surface area (Å²) in [5.41, 5.74) is 4.85. The van der Waals surface area contributed by atoms with Crippen molar-refractivity contribution in [2.75, 3.05) is 0 Å². The number of hydrogen-bond acceptors (Lipinski definition) is 2. The molecule has 0 aliphatic carbocycles. The first kappa shape index (κ1) is 12.1. The summed E-state index contributed by atoms with van der Waals surface area (Å²) >= 11 is 1.56. The van der Waals surface area contributed by atoms with Gasteiger partial charge in [0.1, 0.15) is 0 Å². The molecule has 19 heavy (non-hydrogen) atoms. The van der Waals surface area contributed by atoms with Crippen molar-refractivity contribution < 1.29 is 0 Å². The lowest BCUT2D eigenvalue weighted by molar-refractivity contribution is 1.14. The van der Waals surface area contributed by atoms with Crippen LogP contribution in [0.3, 0.4) is 0 Å². The highest BCUT2D eigenvalue weighted by molar-refractivity contribution is 7.09. The minimum atomic E-state index is 1.06. The zero-order chi connectivity index (χ0) is 13.1. The van der Waals surface area contributed by atoms with E-state index in [0.29, 0.717) is 0 Å². The molecular formula is C17H15NS. The molecule has 1 heterocycles. The topological polar surface area (TPSA) is 12.9 Å². The molecule has 3 rings (SSSR count). The Kier molecular flexibility index (Phi) is 3.43. The van der Waals surface area contributed by atoms with Crippen LogP contribution in [0.4, 0.5) is 0 Å². The highest BCUT2D eigenvalue weighted by Gasteiger charge is 2.06. The van der Waals surface area contributed by atoms with Gasteiger partial charge in [-0.15, -0.1) is 0 Å². The van der Waals surface area contributed by atoms with Gasteiger partial charge in [-0.05, 0) is 35.1 Å². The van der Waals surface area contributed by atoms with Gasteiger partial charge in [0.15, 0.2) is 0 Å². The molecular weight excluding hydrogens is 250 g/mol. The lowest BCUT2D eigenvalue weighted by Gasteiger charge is -1.98. The number of hydrogen-bond donors (Lipinski definition) is 0. The highest BCUT2D eigenvalue weighted by atomic mass is 32.1. The van der Waals surface area contributed by atoms with Crippen LogP contribution in [-0.4, -0.2) is 4.37 Å². The van der Waals surface area contributed by atoms with E-state index in [1.54, 1.807) is 11.5 Å². The van der Waals surface area contributed by atoms with E-state index in [-0.39, 0.29) is 0 Å². The summed E-state index contributed by atoms with van der Waals surface area (Å²) in [6, 6.07) is 21.2. The number of aryl methyl sites for hydroxylation is 1. The van der Waals surface area contributed by atoms with Crippen LogP contribution in [0, 0.1) is 0 Å². The normalized spacial score (nSPS) is 10.6. The zero-order valence-corrected chi connectivity index (χ0v) is 11.7. The Morgan fingerprint density at radius 3 is 2.32 bits per heavy atom. The van der Waals surface area contributed by atoms with Gasteiger partial charge in [0.25, 0.3) is 0 Å². The molecule has 0 amide bonds. The van der Waals surface area contributed by atoms with Gasteiger partial charge in [-0.25, -0.2) is 0 Å². The molecule has 3 aromatic rings. The predicted octanol–water partition coefficient (Wildman–Crippen LogP) is 5.04. The Hall–Kier alpha value is -1.93. The Balaban J connectivity index is 1.92. The van der Waals surface area contributed by atoms with Crippen molar-refractivity contribution in [3.8, 4) is 21.7 Å². The third-order valence-electron chi connectivity index (χ3n) is 3.23. The van der Waals surface area contributed by atoms with E-state index in [1.165, 1.54) is 21.6 Å². The Bertz CT molecular complexity index is 653. The van der Waals surface area contributed by atoms with E-state index in [2.05, 4.69) is 65.9 Å². The molecule has 0 N–H and O–H groups in total. The summed E-state index contributed by atoms with van der Waals surface area (Å²) in [6.07, 6.45) is 1.08. The van der Waals surface area contributed by atoms with Crippen LogP contribution in [0.1, 0.15) is 12.5 Å². The average Bonchev–Trinajstić information content (AvgIpc) is 2.98. The van der Waals surface area contributed by atoms with Gasteiger partial charge in [0.05, 0.1) is 10.6 Å². The van der Waals surface area contributed by atoms with Crippen LogP contribution in [0.25, 0.3) is 21.7 Å². The Morgan fingerprint density at radius 1 is 0.895 bits per heavy atom. The van der Waals surface area contributed by atoms with Crippen LogP contribution in [0.15, 0.2) is 60.7 Å². The molecule has 0 atom stereocenters. The smallest absolute Gasteiger partial charge is 0.0847 e. The van der Waals surface area contributed by atoms with E-state index in [9.17, 15) is 0 Å². The first-order valence-corrected chi connectivity index (χ1v) is 7.25. The second kappa shape index (κ2) is 5.37. The standard InChI is InChI=1S/C17H15NS/c1-2-13-8-10-14(11-9-13)16-12-17(19-18-16)15-6-4-3-5-7-15/h3-12H,2H2,1H3. The molecule has 94 valence electrons. The molecule has 1 nitrogen and oxygen atoms in total. The fourth-order valence-corrected chi connectivity index (χ4v) is 2.82. The number of benzene rings is 2. The van der Waals surface area contributed by atoms with Crippen LogP contribution in [0.2, 0.25) is 0 Å². The second-order valence-electron chi connectivity index (χ2n) is 4.49. The summed E-state index contributed by atoms with van der Waals surface area (Å²) < 4.78 is 4.56. The molecule has 0 unspecified atom stereocenters. The second-order valence-corrected chi connectivity index (χ2v) is 5.30. The molecule has 2 heteroatoms. The van der Waals surface area contributed by atoms with E-state index < -0.39 is 0 Å². The van der Waals surface area contributed by atoms with E-state index >= 15 is 0 Å². The number of nitrogens with zero attached hydrogens (tertiary/aromatic N) is 1. The van der Waals surface area contributed by atoms with E-state index in [1.807, 2.05) is 6.07 Å². The molecule has 0 fully saturated rings. The summed E-state index contributed by atoms with van der Waals surface area (Å²) in [6.45, 7) is 2.17. The van der Waals surface area contributed by atoms with Gasteiger partial charge in [-0.2, -0.15) is 4.37 Å². The number of rotatable bonds is 3. The van der Waals surface area contributed by atoms with Crippen molar-refractivity contribution in [1.29, 1.82) is 0 Å². The monoisotopic (exact) mass is 265 g/mol. The third-order valence-corrected chi connectivity index (χ3v) is 4.06. The van der Waals surface area contributed by atoms with Crippen molar-refractivity contribution in [2.24, 2.45) is 0 Å². The minimum absolute atomic E-state index is 1.06. The van der Waals surface area contributed by atoms with Crippen LogP contribution in [0.5, 0.6) is 0 Å². The maximum atomic E-state index is 4.56. The molecule has 0 spiro atoms. The fraction of sp³-hybridized carbons (Fsp3) is 0.118. The first-order chi connectivity index (χ1) is 9.36. The molecule has 0 saturated carbocycles. The fourth-order valence-electron chi connectivity index (χ4n) is 2.06. The van der Waals surface area contributed by atoms with Crippen molar-refractivity contribution in [3.63, 3.8) is 0 Å². The summed E-state index contributed by atoms with van der Waals surface area (Å²) in [7, 11) is 0. The molecule has 0 aliphatic heterocycles. The van der Waals surface area contributed by atoms with Gasteiger partial charge in [-0.3, -0.25) is 0 Å². The third kappa shape index (κ3) is 2.59. The van der Waals surface area contributed by atoms with Gasteiger partial charge in [0, 0.05) is 5.56 Å². The summed E-state index contributed by atoms with van der Waals surface area (Å²) in [5.74, 6) is 0. The molecule has 0 radical (unpaired) electrons. The van der Waals surface area contributed by atoms with Crippen molar-refractivity contribution >= 4 is 11.5 Å². The lowest BCUT2D eigenvalue weighted by Crippen LogP contribution is -1.80. The van der Waals surface area contributed by atoms with E-state index in [0.717, 1.165) is 12.1 Å². The largest absolute Gasteiger partial charge is 0.192 e. The Morgan fingerprint density at radius 2 is 1.63 bits per heavy atom. The average molecular weight is 265 g/mol. The van der Waals surface area contributed by atoms with Crippen molar-refractivity contribution in [2.45, 2.75) is 13.3 Å². The highest BCUT2D eigenvalue weighted by Crippen LogP contribution is 2.29. The van der Waals surface area contributed by atoms with Crippen LogP contribution < -0.4 is 0 Å². The zero-order valence-electron chi connectivity index (χ0n) is 10.8. The summed E-state index contributed by atoms with van der Waals surface area (Å²) in [4.78, 5) is 1.22. The van der Waals surface area contributed by atoms with Gasteiger partial charge in [0.2, 0.25) is 0 Å². The van der Waals surface area contributed by atoms with Gasteiger partial charge >= 0.3 is 0 Å². The lowest BCUT2D eigenvalue weighted by atomic mass is 10.1. The molecule has 1 aromatic heterocycles. The molecule has 0 bridgehead atoms. The number of aromatic nitrogens is 1. The Labute approximate surface area is 117 Å². The first-order valence-electron chi connectivity index (χ1n) is 6.48. The quantitative estimate of drug-likeness (QED) is 0.646. The van der Waals surface area contributed by atoms with Crippen LogP contribution >= 0.6 is 11.5 Å².